The molecule has 0 aliphatic carbocycles. The van der Waals surface area contributed by atoms with Crippen LogP contribution in [0, 0.1) is 0 Å². The zero-order valence-electron chi connectivity index (χ0n) is 15.2. The van der Waals surface area contributed by atoms with Gasteiger partial charge in [-0.1, -0.05) is 12.1 Å². The molecule has 5 nitrogen and oxygen atoms in total. The molecule has 5 heteroatoms. The van der Waals surface area contributed by atoms with E-state index in [0.717, 1.165) is 34.9 Å². The number of aromatic hydroxyl groups is 2. The van der Waals surface area contributed by atoms with Crippen molar-refractivity contribution in [1.29, 1.82) is 0 Å². The van der Waals surface area contributed by atoms with E-state index in [1.165, 1.54) is 0 Å². The van der Waals surface area contributed by atoms with Crippen molar-refractivity contribution in [3.63, 3.8) is 0 Å². The van der Waals surface area contributed by atoms with E-state index in [4.69, 9.17) is 4.74 Å². The Morgan fingerprint density at radius 1 is 1.19 bits per heavy atom. The Kier molecular flexibility index (Phi) is 5.81. The molecule has 0 aliphatic rings. The number of H-pyrrole nitrogens is 1. The van der Waals surface area contributed by atoms with Gasteiger partial charge in [-0.05, 0) is 67.3 Å². The van der Waals surface area contributed by atoms with Crippen molar-refractivity contribution in [3.8, 4) is 17.2 Å². The summed E-state index contributed by atoms with van der Waals surface area (Å²) in [6, 6.07) is 10.2. The Morgan fingerprint density at radius 3 is 2.85 bits per heavy atom. The molecular weight excluding hydrogens is 342 g/mol. The van der Waals surface area contributed by atoms with Crippen LogP contribution in [0.3, 0.4) is 0 Å². The number of aromatic nitrogens is 1. The summed E-state index contributed by atoms with van der Waals surface area (Å²) in [6.45, 7) is 2.31. The van der Waals surface area contributed by atoms with Crippen molar-refractivity contribution in [1.82, 2.24) is 4.98 Å². The average Bonchev–Trinajstić information content (AvgIpc) is 3.05. The summed E-state index contributed by atoms with van der Waals surface area (Å²) in [5.41, 5.74) is 2.88. The molecule has 3 rings (SSSR count). The van der Waals surface area contributed by atoms with E-state index in [-0.39, 0.29) is 17.3 Å². The molecule has 0 radical (unpaired) electrons. The fraction of sp³-hybridized carbons (Fsp3) is 0.227. The normalized spacial score (nSPS) is 11.3. The molecule has 0 fully saturated rings. The molecule has 3 aromatic rings. The second-order valence-electron chi connectivity index (χ2n) is 6.36. The van der Waals surface area contributed by atoms with Gasteiger partial charge >= 0.3 is 0 Å². The van der Waals surface area contributed by atoms with Gasteiger partial charge in [0.1, 0.15) is 5.75 Å². The third kappa shape index (κ3) is 4.70. The monoisotopic (exact) mass is 365 g/mol. The van der Waals surface area contributed by atoms with Crippen molar-refractivity contribution in [2.75, 3.05) is 6.61 Å². The van der Waals surface area contributed by atoms with Crippen LogP contribution in [0.5, 0.6) is 17.2 Å². The van der Waals surface area contributed by atoms with Crippen LogP contribution in [0.2, 0.25) is 0 Å². The number of nitrogens with one attached hydrogen (secondary N) is 1. The number of carbonyl (C=O) groups excluding carboxylic acids is 1. The number of ketones is 1. The maximum atomic E-state index is 12.1. The number of hydrogen-bond acceptors (Lipinski definition) is 4. The second kappa shape index (κ2) is 8.45. The summed E-state index contributed by atoms with van der Waals surface area (Å²) in [6.07, 6.45) is 7.15. The van der Waals surface area contributed by atoms with Gasteiger partial charge in [0.05, 0.1) is 6.61 Å². The highest BCUT2D eigenvalue weighted by Crippen LogP contribution is 2.27. The minimum Gasteiger partial charge on any atom is -0.508 e. The minimum atomic E-state index is 0.0451. The van der Waals surface area contributed by atoms with Crippen LogP contribution in [0.25, 0.3) is 17.0 Å². The quantitative estimate of drug-likeness (QED) is 0.510. The van der Waals surface area contributed by atoms with E-state index in [1.807, 2.05) is 19.2 Å². The molecule has 0 unspecified atom stereocenters. The number of rotatable bonds is 8. The van der Waals surface area contributed by atoms with Gasteiger partial charge in [0.2, 0.25) is 0 Å². The van der Waals surface area contributed by atoms with E-state index >= 15 is 0 Å². The number of phenols is 2. The summed E-state index contributed by atoms with van der Waals surface area (Å²) >= 11 is 0. The lowest BCUT2D eigenvalue weighted by Crippen LogP contribution is -1.95. The van der Waals surface area contributed by atoms with Crippen molar-refractivity contribution >= 4 is 22.8 Å². The third-order valence-corrected chi connectivity index (χ3v) is 4.37. The third-order valence-electron chi connectivity index (χ3n) is 4.37. The number of aromatic amines is 1. The van der Waals surface area contributed by atoms with Crippen LogP contribution >= 0.6 is 0 Å². The number of benzene rings is 2. The van der Waals surface area contributed by atoms with Crippen LogP contribution in [0.15, 0.2) is 48.7 Å². The van der Waals surface area contributed by atoms with Gasteiger partial charge in [-0.25, -0.2) is 0 Å². The first-order valence-electron chi connectivity index (χ1n) is 9.02. The van der Waals surface area contributed by atoms with E-state index in [9.17, 15) is 15.0 Å². The molecule has 3 N–H and O–H groups in total. The predicted octanol–water partition coefficient (Wildman–Crippen LogP) is 4.58. The van der Waals surface area contributed by atoms with E-state index in [1.54, 1.807) is 42.5 Å². The molecule has 0 bridgehead atoms. The zero-order valence-corrected chi connectivity index (χ0v) is 15.2. The number of fused-ring (bicyclic) bond motifs is 1. The lowest BCUT2D eigenvalue weighted by molar-refractivity contribution is -0.114. The number of carbonyl (C=O) groups is 1. The summed E-state index contributed by atoms with van der Waals surface area (Å²) in [7, 11) is 0. The van der Waals surface area contributed by atoms with Crippen molar-refractivity contribution < 1.29 is 19.7 Å². The first-order chi connectivity index (χ1) is 13.1. The summed E-state index contributed by atoms with van der Waals surface area (Å²) in [4.78, 5) is 15.3. The lowest BCUT2D eigenvalue weighted by atomic mass is 10.0. The first kappa shape index (κ1) is 18.6. The summed E-state index contributed by atoms with van der Waals surface area (Å²) < 4.78 is 5.34. The van der Waals surface area contributed by atoms with E-state index in [2.05, 4.69) is 4.98 Å². The van der Waals surface area contributed by atoms with Gasteiger partial charge in [-0.15, -0.1) is 0 Å². The largest absolute Gasteiger partial charge is 0.508 e. The maximum absolute atomic E-state index is 12.1. The standard InChI is InChI=1S/C22H23NO4/c1-2-27-22-12-15(7-11-21(22)26)6-8-17(24)5-3-4-16-14-23-20-10-9-18(25)13-19(16)20/h6-14,23,25-26H,2-5H2,1H3/b8-6+. The molecule has 0 spiro atoms. The molecule has 27 heavy (non-hydrogen) atoms. The van der Waals surface area contributed by atoms with Gasteiger partial charge in [0.15, 0.2) is 17.3 Å². The van der Waals surface area contributed by atoms with Crippen molar-refractivity contribution in [3.05, 3.63) is 59.8 Å². The van der Waals surface area contributed by atoms with Gasteiger partial charge in [0, 0.05) is 23.5 Å². The number of aryl methyl sites for hydroxylation is 1. The fourth-order valence-corrected chi connectivity index (χ4v) is 3.00. The van der Waals surface area contributed by atoms with Crippen LogP contribution in [0.1, 0.15) is 30.9 Å². The Morgan fingerprint density at radius 2 is 2.04 bits per heavy atom. The molecule has 0 saturated heterocycles. The van der Waals surface area contributed by atoms with E-state index in [0.29, 0.717) is 18.8 Å². The second-order valence-corrected chi connectivity index (χ2v) is 6.36. The maximum Gasteiger partial charge on any atom is 0.161 e. The molecule has 0 saturated carbocycles. The van der Waals surface area contributed by atoms with Crippen molar-refractivity contribution in [2.45, 2.75) is 26.2 Å². The molecule has 1 aromatic heterocycles. The van der Waals surface area contributed by atoms with Crippen LogP contribution in [-0.2, 0) is 11.2 Å². The van der Waals surface area contributed by atoms with E-state index < -0.39 is 0 Å². The highest BCUT2D eigenvalue weighted by molar-refractivity contribution is 5.93. The Hall–Kier alpha value is -3.21. The van der Waals surface area contributed by atoms with Crippen LogP contribution in [-0.4, -0.2) is 27.6 Å². The average molecular weight is 365 g/mol. The Bertz CT molecular complexity index is 972. The molecule has 140 valence electrons. The fourth-order valence-electron chi connectivity index (χ4n) is 3.00. The number of allylic oxidation sites excluding steroid dienone is 1. The molecule has 0 amide bonds. The van der Waals surface area contributed by atoms with Gasteiger partial charge in [-0.2, -0.15) is 0 Å². The lowest BCUT2D eigenvalue weighted by Gasteiger charge is -2.06. The van der Waals surface area contributed by atoms with Gasteiger partial charge in [-0.3, -0.25) is 4.79 Å². The Balaban J connectivity index is 1.55. The molecule has 1 heterocycles. The topological polar surface area (TPSA) is 82.6 Å². The van der Waals surface area contributed by atoms with Crippen molar-refractivity contribution in [2.24, 2.45) is 0 Å². The SMILES string of the molecule is CCOc1cc(/C=C/C(=O)CCCc2c[nH]c3ccc(O)cc23)ccc1O. The number of ether oxygens (including phenoxy) is 1. The highest BCUT2D eigenvalue weighted by atomic mass is 16.5. The predicted molar refractivity (Wildman–Crippen MR) is 106 cm³/mol. The number of phenolic OH excluding ortho intramolecular Hbond substituents is 2. The van der Waals surface area contributed by atoms with Crippen LogP contribution < -0.4 is 4.74 Å². The summed E-state index contributed by atoms with van der Waals surface area (Å²) in [5, 5.41) is 20.3. The smallest absolute Gasteiger partial charge is 0.161 e. The Labute approximate surface area is 157 Å². The number of hydrogen-bond donors (Lipinski definition) is 3. The van der Waals surface area contributed by atoms with Crippen LogP contribution in [0.4, 0.5) is 0 Å². The molecular formula is C22H23NO4. The molecule has 0 aliphatic heterocycles. The summed E-state index contributed by atoms with van der Waals surface area (Å²) in [5.74, 6) is 0.784. The molecule has 0 atom stereocenters. The highest BCUT2D eigenvalue weighted by Gasteiger charge is 2.06. The first-order valence-corrected chi connectivity index (χ1v) is 9.02. The minimum absolute atomic E-state index is 0.0451. The molecule has 2 aromatic carbocycles. The van der Waals surface area contributed by atoms with Gasteiger partial charge < -0.3 is 19.9 Å². The zero-order chi connectivity index (χ0) is 19.2. The van der Waals surface area contributed by atoms with Gasteiger partial charge in [0.25, 0.3) is 0 Å².